The van der Waals surface area contributed by atoms with E-state index in [-0.39, 0.29) is 36.6 Å². The second-order valence-corrected chi connectivity index (χ2v) is 17.6. The number of nitrogens with zero attached hydrogens (tertiary/aromatic N) is 4. The number of nitrogens with one attached hydrogen (secondary N) is 3. The van der Waals surface area contributed by atoms with Crippen molar-refractivity contribution in [3.63, 3.8) is 0 Å². The molecule has 0 aliphatic carbocycles. The molecular weight excluding hydrogens is 835 g/mol. The van der Waals surface area contributed by atoms with E-state index >= 15 is 0 Å². The zero-order valence-electron chi connectivity index (χ0n) is 36.0. The molecule has 1 atom stereocenters. The maximum atomic E-state index is 14.4. The number of carboxylic acid groups (broad SMARTS) is 1. The number of thiazole rings is 1. The standard InChI is InChI=1S/C48H49N7O8S/c1-46(2,3)62-44(61)47(4,5)63-53-38(37-30-64-45(51-37)52-48(32-20-12-7-13-21-32,33-22-14-8-15-23-33)34-24-16-9-17-25-34)41(57)50-36-29-54-28-35(39(43(59)60)55(54)42(36)58)40(56)49-27-26-31-18-10-6-11-19-31/h6-25,30,36H,26-29H2,1-5H3,(H,49,56)(H,50,57)(H,51,52)(H,59,60)/b53-38-/t36-/m0/s1. The van der Waals surface area contributed by atoms with E-state index < -0.39 is 58.1 Å². The van der Waals surface area contributed by atoms with Gasteiger partial charge in [0.15, 0.2) is 16.5 Å². The third kappa shape index (κ3) is 9.72. The van der Waals surface area contributed by atoms with Crippen LogP contribution < -0.4 is 16.0 Å². The molecule has 0 radical (unpaired) electrons. The summed E-state index contributed by atoms with van der Waals surface area (Å²) >= 11 is 1.20. The third-order valence-corrected chi connectivity index (χ3v) is 11.2. The summed E-state index contributed by atoms with van der Waals surface area (Å²) in [7, 11) is 0. The predicted octanol–water partition coefficient (Wildman–Crippen LogP) is 5.64. The number of carboxylic acids is 1. The maximum Gasteiger partial charge on any atom is 0.354 e. The summed E-state index contributed by atoms with van der Waals surface area (Å²) in [5, 5.41) is 27.8. The Morgan fingerprint density at radius 3 is 1.91 bits per heavy atom. The van der Waals surface area contributed by atoms with E-state index in [2.05, 4.69) is 21.1 Å². The molecule has 7 rings (SSSR count). The van der Waals surface area contributed by atoms with E-state index in [4.69, 9.17) is 14.6 Å². The van der Waals surface area contributed by atoms with Crippen molar-refractivity contribution in [3.8, 4) is 0 Å². The number of rotatable bonds is 16. The van der Waals surface area contributed by atoms with Crippen LogP contribution in [0.1, 0.15) is 62.6 Å². The van der Waals surface area contributed by atoms with Gasteiger partial charge >= 0.3 is 11.9 Å². The molecule has 64 heavy (non-hydrogen) atoms. The number of fused-ring (bicyclic) bond motifs is 1. The van der Waals surface area contributed by atoms with Crippen LogP contribution in [0.3, 0.4) is 0 Å². The predicted molar refractivity (Wildman–Crippen MR) is 241 cm³/mol. The van der Waals surface area contributed by atoms with E-state index in [9.17, 15) is 29.1 Å². The summed E-state index contributed by atoms with van der Waals surface area (Å²) in [6.07, 6.45) is 0.524. The highest BCUT2D eigenvalue weighted by Crippen LogP contribution is 2.41. The molecule has 0 bridgehead atoms. The van der Waals surface area contributed by atoms with Crippen molar-refractivity contribution in [1.29, 1.82) is 0 Å². The van der Waals surface area contributed by atoms with Gasteiger partial charge in [0.25, 0.3) is 17.7 Å². The van der Waals surface area contributed by atoms with Crippen LogP contribution in [0, 0.1) is 0 Å². The van der Waals surface area contributed by atoms with Crippen molar-refractivity contribution < 1.29 is 38.7 Å². The second kappa shape index (κ2) is 18.7. The van der Waals surface area contributed by atoms with Crippen molar-refractivity contribution >= 4 is 51.8 Å². The molecule has 3 amide bonds. The van der Waals surface area contributed by atoms with Gasteiger partial charge in [0.05, 0.1) is 12.1 Å². The van der Waals surface area contributed by atoms with Gasteiger partial charge in [0, 0.05) is 18.5 Å². The van der Waals surface area contributed by atoms with E-state index in [0.29, 0.717) is 11.6 Å². The monoisotopic (exact) mass is 883 g/mol. The molecule has 0 unspecified atom stereocenters. The van der Waals surface area contributed by atoms with Crippen LogP contribution in [-0.4, -0.2) is 92.4 Å². The van der Waals surface area contributed by atoms with Crippen LogP contribution in [0.4, 0.5) is 5.13 Å². The minimum Gasteiger partial charge on any atom is -0.477 e. The van der Waals surface area contributed by atoms with Crippen LogP contribution >= 0.6 is 11.3 Å². The van der Waals surface area contributed by atoms with Crippen LogP contribution in [-0.2, 0) is 45.5 Å². The zero-order valence-corrected chi connectivity index (χ0v) is 36.8. The number of benzene rings is 4. The fraction of sp³-hybridized carbons (Fsp3) is 0.271. The number of aliphatic carboxylic acids is 1. The van der Waals surface area contributed by atoms with Crippen molar-refractivity contribution in [2.75, 3.05) is 25.0 Å². The Kier molecular flexibility index (Phi) is 13.1. The van der Waals surface area contributed by atoms with Gasteiger partial charge in [-0.2, -0.15) is 0 Å². The lowest BCUT2D eigenvalue weighted by molar-refractivity contribution is -0.179. The molecule has 2 aliphatic rings. The highest BCUT2D eigenvalue weighted by molar-refractivity contribution is 7.14. The zero-order chi connectivity index (χ0) is 45.6. The number of hydrogen-bond donors (Lipinski definition) is 4. The normalized spacial score (nSPS) is 15.7. The van der Waals surface area contributed by atoms with Gasteiger partial charge in [-0.15, -0.1) is 11.3 Å². The van der Waals surface area contributed by atoms with Crippen molar-refractivity contribution in [2.24, 2.45) is 5.16 Å². The molecule has 1 saturated heterocycles. The quantitative estimate of drug-likeness (QED) is 0.0415. The highest BCUT2D eigenvalue weighted by Gasteiger charge is 2.50. The Morgan fingerprint density at radius 1 is 0.828 bits per heavy atom. The number of esters is 1. The number of ether oxygens (including phenoxy) is 1. The molecule has 16 heteroatoms. The van der Waals surface area contributed by atoms with Crippen molar-refractivity contribution in [3.05, 3.63) is 166 Å². The van der Waals surface area contributed by atoms with Crippen molar-refractivity contribution in [2.45, 2.75) is 63.8 Å². The summed E-state index contributed by atoms with van der Waals surface area (Å²) in [5.41, 5.74) is -0.643. The Balaban J connectivity index is 1.18. The van der Waals surface area contributed by atoms with Crippen LogP contribution in [0.2, 0.25) is 0 Å². The fourth-order valence-corrected chi connectivity index (χ4v) is 8.17. The molecule has 2 aliphatic heterocycles. The molecular formula is C48H49N7O8S. The van der Waals surface area contributed by atoms with E-state index in [1.54, 1.807) is 26.2 Å². The second-order valence-electron chi connectivity index (χ2n) is 16.7. The number of anilines is 1. The summed E-state index contributed by atoms with van der Waals surface area (Å²) < 4.78 is 5.55. The SMILES string of the molecule is CC(C)(C)OC(=O)C(C)(C)O/N=C(\C(=O)N[C@H]1CN2CC(C(=O)NCCc3ccccc3)=C(C(=O)O)N2C1=O)c1csc(NC(c2ccccc2)(c2ccccc2)c2ccccc2)n1. The summed E-state index contributed by atoms with van der Waals surface area (Å²) in [4.78, 5) is 78.0. The molecule has 15 nitrogen and oxygen atoms in total. The number of hydrogen-bond acceptors (Lipinski definition) is 12. The van der Waals surface area contributed by atoms with Gasteiger partial charge < -0.3 is 30.6 Å². The molecule has 4 N–H and O–H groups in total. The molecule has 0 saturated carbocycles. The third-order valence-electron chi connectivity index (χ3n) is 10.5. The molecule has 4 aromatic carbocycles. The summed E-state index contributed by atoms with van der Waals surface area (Å²) in [5.74, 6) is -4.49. The number of carbonyl (C=O) groups excluding carboxylic acids is 4. The Hall–Kier alpha value is -7.17. The molecule has 1 fully saturated rings. The first kappa shape index (κ1) is 44.9. The number of carbonyl (C=O) groups is 5. The number of hydrazine groups is 1. The first-order valence-corrected chi connectivity index (χ1v) is 21.5. The van der Waals surface area contributed by atoms with Crippen LogP contribution in [0.25, 0.3) is 0 Å². The lowest BCUT2D eigenvalue weighted by atomic mass is 9.77. The first-order chi connectivity index (χ1) is 30.6. The maximum absolute atomic E-state index is 14.4. The molecule has 0 spiro atoms. The molecule has 3 heterocycles. The minimum atomic E-state index is -1.67. The Bertz CT molecular complexity index is 2480. The van der Waals surface area contributed by atoms with E-state index in [0.717, 1.165) is 27.3 Å². The largest absolute Gasteiger partial charge is 0.477 e. The summed E-state index contributed by atoms with van der Waals surface area (Å²) in [6, 6.07) is 37.8. The van der Waals surface area contributed by atoms with Gasteiger partial charge in [-0.3, -0.25) is 14.4 Å². The van der Waals surface area contributed by atoms with Crippen molar-refractivity contribution in [1.82, 2.24) is 25.6 Å². The lowest BCUT2D eigenvalue weighted by Gasteiger charge is -2.36. The molecule has 330 valence electrons. The average Bonchev–Trinajstić information content (AvgIpc) is 3.98. The topological polar surface area (TPSA) is 192 Å². The van der Waals surface area contributed by atoms with Gasteiger partial charge in [-0.05, 0) is 63.3 Å². The molecule has 1 aromatic heterocycles. The van der Waals surface area contributed by atoms with E-state index in [1.807, 2.05) is 121 Å². The Morgan fingerprint density at radius 2 is 1.38 bits per heavy atom. The average molecular weight is 884 g/mol. The number of aromatic nitrogens is 1. The molecule has 5 aromatic rings. The first-order valence-electron chi connectivity index (χ1n) is 20.7. The van der Waals surface area contributed by atoms with Gasteiger partial charge in [-0.1, -0.05) is 126 Å². The van der Waals surface area contributed by atoms with Gasteiger partial charge in [0.1, 0.15) is 22.9 Å². The number of oxime groups is 1. The van der Waals surface area contributed by atoms with Gasteiger partial charge in [0.2, 0.25) is 5.60 Å². The summed E-state index contributed by atoms with van der Waals surface area (Å²) in [6.45, 7) is 7.92. The number of amides is 3. The van der Waals surface area contributed by atoms with Crippen LogP contribution in [0.5, 0.6) is 0 Å². The minimum absolute atomic E-state index is 0.0555. The van der Waals surface area contributed by atoms with E-state index in [1.165, 1.54) is 30.2 Å². The fourth-order valence-electron chi connectivity index (χ4n) is 7.42. The van der Waals surface area contributed by atoms with Crippen LogP contribution in [0.15, 0.2) is 143 Å². The Labute approximate surface area is 374 Å². The lowest BCUT2D eigenvalue weighted by Crippen LogP contribution is -2.46. The highest BCUT2D eigenvalue weighted by atomic mass is 32.1. The smallest absolute Gasteiger partial charge is 0.354 e. The van der Waals surface area contributed by atoms with Gasteiger partial charge in [-0.25, -0.2) is 24.6 Å².